The molecule has 0 unspecified atom stereocenters. The molecule has 0 heterocycles. The first-order valence-corrected chi connectivity index (χ1v) is 6.44. The van der Waals surface area contributed by atoms with E-state index >= 15 is 0 Å². The fourth-order valence-corrected chi connectivity index (χ4v) is 1.52. The molecule has 0 aliphatic carbocycles. The topological polar surface area (TPSA) is 117 Å². The number of nitrogens with zero attached hydrogens (tertiary/aromatic N) is 1. The van der Waals surface area contributed by atoms with E-state index in [0.717, 1.165) is 0 Å². The van der Waals surface area contributed by atoms with Gasteiger partial charge in [-0.05, 0) is 6.07 Å². The molecule has 3 N–H and O–H groups in total. The van der Waals surface area contributed by atoms with Crippen LogP contribution in [-0.2, 0) is 14.3 Å². The van der Waals surface area contributed by atoms with Crippen LogP contribution in [0.1, 0.15) is 22.3 Å². The molecule has 0 radical (unpaired) electrons. The van der Waals surface area contributed by atoms with E-state index in [9.17, 15) is 14.4 Å². The lowest BCUT2D eigenvalue weighted by molar-refractivity contribution is -0.129. The molecule has 0 aromatic heterocycles. The summed E-state index contributed by atoms with van der Waals surface area (Å²) in [6, 6.07) is 6.22. The van der Waals surface area contributed by atoms with Crippen molar-refractivity contribution in [2.45, 2.75) is 6.42 Å². The Bertz CT molecular complexity index is 571. The number of carboxylic acids is 1. The van der Waals surface area contributed by atoms with Crippen molar-refractivity contribution in [3.8, 4) is 0 Å². The van der Waals surface area contributed by atoms with Crippen LogP contribution in [0.3, 0.4) is 0 Å². The Kier molecular flexibility index (Phi) is 7.27. The SMILES string of the molecule is COCCNC(=O)CC(=O)N/N=C/c1ccccc1C(=O)O. The number of ether oxygens (including phenoxy) is 1. The summed E-state index contributed by atoms with van der Waals surface area (Å²) in [5, 5.41) is 15.1. The van der Waals surface area contributed by atoms with Crippen LogP contribution in [0.4, 0.5) is 0 Å². The minimum Gasteiger partial charge on any atom is -0.478 e. The van der Waals surface area contributed by atoms with E-state index in [1.54, 1.807) is 18.2 Å². The van der Waals surface area contributed by atoms with Crippen LogP contribution in [0.5, 0.6) is 0 Å². The highest BCUT2D eigenvalue weighted by molar-refractivity contribution is 5.99. The Morgan fingerprint density at radius 2 is 2.00 bits per heavy atom. The van der Waals surface area contributed by atoms with Crippen molar-refractivity contribution in [1.82, 2.24) is 10.7 Å². The highest BCUT2D eigenvalue weighted by Gasteiger charge is 2.09. The minimum atomic E-state index is -1.09. The number of rotatable bonds is 8. The second kappa shape index (κ2) is 9.24. The van der Waals surface area contributed by atoms with Crippen LogP contribution < -0.4 is 10.7 Å². The maximum atomic E-state index is 11.5. The maximum absolute atomic E-state index is 11.5. The van der Waals surface area contributed by atoms with Gasteiger partial charge in [0, 0.05) is 19.2 Å². The number of hydrogen-bond acceptors (Lipinski definition) is 5. The molecule has 1 rings (SSSR count). The Morgan fingerprint density at radius 1 is 1.27 bits per heavy atom. The van der Waals surface area contributed by atoms with Gasteiger partial charge in [0.25, 0.3) is 0 Å². The zero-order chi connectivity index (χ0) is 16.4. The Balaban J connectivity index is 2.47. The van der Waals surface area contributed by atoms with Crippen LogP contribution in [0, 0.1) is 0 Å². The first kappa shape index (κ1) is 17.3. The number of carboxylic acid groups (broad SMARTS) is 1. The fourth-order valence-electron chi connectivity index (χ4n) is 1.52. The number of methoxy groups -OCH3 is 1. The first-order valence-electron chi connectivity index (χ1n) is 6.44. The highest BCUT2D eigenvalue weighted by Crippen LogP contribution is 2.05. The van der Waals surface area contributed by atoms with E-state index in [1.807, 2.05) is 0 Å². The quantitative estimate of drug-likeness (QED) is 0.270. The van der Waals surface area contributed by atoms with Crippen molar-refractivity contribution >= 4 is 24.0 Å². The Morgan fingerprint density at radius 3 is 2.68 bits per heavy atom. The second-order valence-electron chi connectivity index (χ2n) is 4.21. The lowest BCUT2D eigenvalue weighted by Crippen LogP contribution is -2.31. The summed E-state index contributed by atoms with van der Waals surface area (Å²) in [5.41, 5.74) is 2.58. The molecule has 0 saturated carbocycles. The third-order valence-corrected chi connectivity index (χ3v) is 2.53. The Labute approximate surface area is 127 Å². The van der Waals surface area contributed by atoms with E-state index in [4.69, 9.17) is 9.84 Å². The summed E-state index contributed by atoms with van der Waals surface area (Å²) in [6.45, 7) is 0.676. The Hall–Kier alpha value is -2.74. The average molecular weight is 307 g/mol. The molecule has 2 amide bonds. The fraction of sp³-hybridized carbons (Fsp3) is 0.286. The van der Waals surface area contributed by atoms with Gasteiger partial charge in [0.1, 0.15) is 6.42 Å². The maximum Gasteiger partial charge on any atom is 0.336 e. The van der Waals surface area contributed by atoms with Crippen LogP contribution in [0.2, 0.25) is 0 Å². The number of benzene rings is 1. The molecule has 0 fully saturated rings. The monoisotopic (exact) mass is 307 g/mol. The van der Waals surface area contributed by atoms with Gasteiger partial charge in [-0.15, -0.1) is 0 Å². The van der Waals surface area contributed by atoms with Crippen molar-refractivity contribution < 1.29 is 24.2 Å². The normalized spacial score (nSPS) is 10.4. The third kappa shape index (κ3) is 6.14. The molecule has 22 heavy (non-hydrogen) atoms. The summed E-state index contributed by atoms with van der Waals surface area (Å²) in [4.78, 5) is 33.8. The molecular formula is C14H17N3O5. The van der Waals surface area contributed by atoms with Gasteiger partial charge < -0.3 is 15.2 Å². The van der Waals surface area contributed by atoms with Gasteiger partial charge in [-0.25, -0.2) is 10.2 Å². The van der Waals surface area contributed by atoms with E-state index in [1.165, 1.54) is 19.4 Å². The van der Waals surface area contributed by atoms with Gasteiger partial charge in [-0.2, -0.15) is 5.10 Å². The number of aromatic carboxylic acids is 1. The van der Waals surface area contributed by atoms with E-state index in [-0.39, 0.29) is 12.0 Å². The van der Waals surface area contributed by atoms with Gasteiger partial charge in [0.2, 0.25) is 11.8 Å². The molecule has 0 atom stereocenters. The number of hydrazone groups is 1. The molecule has 0 saturated heterocycles. The predicted molar refractivity (Wildman–Crippen MR) is 78.6 cm³/mol. The molecule has 8 nitrogen and oxygen atoms in total. The lowest BCUT2D eigenvalue weighted by atomic mass is 10.1. The number of carbonyl (C=O) groups is 3. The molecule has 118 valence electrons. The van der Waals surface area contributed by atoms with Crippen molar-refractivity contribution in [2.24, 2.45) is 5.10 Å². The minimum absolute atomic E-state index is 0.0674. The highest BCUT2D eigenvalue weighted by atomic mass is 16.5. The third-order valence-electron chi connectivity index (χ3n) is 2.53. The second-order valence-corrected chi connectivity index (χ2v) is 4.21. The zero-order valence-corrected chi connectivity index (χ0v) is 12.0. The van der Waals surface area contributed by atoms with Crippen molar-refractivity contribution in [2.75, 3.05) is 20.3 Å². The van der Waals surface area contributed by atoms with E-state index < -0.39 is 17.8 Å². The molecule has 1 aromatic carbocycles. The van der Waals surface area contributed by atoms with E-state index in [2.05, 4.69) is 15.8 Å². The summed E-state index contributed by atoms with van der Waals surface area (Å²) in [6.07, 6.45) is 0.839. The lowest BCUT2D eigenvalue weighted by Gasteiger charge is -2.03. The van der Waals surface area contributed by atoms with Crippen molar-refractivity contribution in [3.05, 3.63) is 35.4 Å². The molecule has 0 spiro atoms. The molecule has 8 heteroatoms. The van der Waals surface area contributed by atoms with Crippen LogP contribution >= 0.6 is 0 Å². The largest absolute Gasteiger partial charge is 0.478 e. The van der Waals surface area contributed by atoms with Crippen LogP contribution in [-0.4, -0.2) is 49.4 Å². The average Bonchev–Trinajstić information content (AvgIpc) is 2.47. The molecule has 0 aliphatic rings. The number of carbonyl (C=O) groups excluding carboxylic acids is 2. The summed E-state index contributed by atoms with van der Waals surface area (Å²) < 4.78 is 4.75. The molecule has 0 bridgehead atoms. The number of nitrogens with one attached hydrogen (secondary N) is 2. The predicted octanol–water partition coefficient (Wildman–Crippen LogP) is -0.0124. The summed E-state index contributed by atoms with van der Waals surface area (Å²) in [5.74, 6) is -2.14. The van der Waals surface area contributed by atoms with Gasteiger partial charge in [-0.1, -0.05) is 18.2 Å². The summed E-state index contributed by atoms with van der Waals surface area (Å²) in [7, 11) is 1.50. The molecular weight excluding hydrogens is 290 g/mol. The summed E-state index contributed by atoms with van der Waals surface area (Å²) >= 11 is 0. The van der Waals surface area contributed by atoms with Crippen LogP contribution in [0.15, 0.2) is 29.4 Å². The molecule has 1 aromatic rings. The first-order chi connectivity index (χ1) is 10.5. The van der Waals surface area contributed by atoms with Crippen molar-refractivity contribution in [3.63, 3.8) is 0 Å². The van der Waals surface area contributed by atoms with Crippen LogP contribution in [0.25, 0.3) is 0 Å². The molecule has 0 aliphatic heterocycles. The van der Waals surface area contributed by atoms with Gasteiger partial charge in [0.05, 0.1) is 18.4 Å². The van der Waals surface area contributed by atoms with Crippen molar-refractivity contribution in [1.29, 1.82) is 0 Å². The number of amides is 2. The smallest absolute Gasteiger partial charge is 0.336 e. The zero-order valence-electron chi connectivity index (χ0n) is 12.0. The number of hydrogen-bond donors (Lipinski definition) is 3. The standard InChI is InChI=1S/C14H17N3O5/c1-22-7-6-15-12(18)8-13(19)17-16-9-10-4-2-3-5-11(10)14(20)21/h2-5,9H,6-8H2,1H3,(H,15,18)(H,17,19)(H,20,21)/b16-9+. The van der Waals surface area contributed by atoms with Gasteiger partial charge >= 0.3 is 5.97 Å². The van der Waals surface area contributed by atoms with Gasteiger partial charge in [0.15, 0.2) is 0 Å². The van der Waals surface area contributed by atoms with Gasteiger partial charge in [-0.3, -0.25) is 9.59 Å². The van der Waals surface area contributed by atoms with E-state index in [0.29, 0.717) is 18.7 Å².